The van der Waals surface area contributed by atoms with Gasteiger partial charge in [-0.2, -0.15) is 0 Å². The van der Waals surface area contributed by atoms with E-state index in [0.717, 1.165) is 33.6 Å². The SMILES string of the molecule is CC(C)(C)c1cc(Nc2cc(C(C)(C)C)c(O)c(C(C)(C)C)c2)cc(C(C)(C)C)c1O. The standard InChI is InChI=1S/C28H43NO2/c1-25(2,3)19-13-17(14-20(23(19)30)26(4,5)6)29-18-15-21(27(7,8)9)24(31)22(16-18)28(10,11)12/h13-16,29-31H,1-12H3. The zero-order valence-corrected chi connectivity index (χ0v) is 21.7. The first kappa shape index (κ1) is 25.1. The molecule has 2 aromatic carbocycles. The number of hydrogen-bond donors (Lipinski definition) is 3. The van der Waals surface area contributed by atoms with Crippen molar-refractivity contribution in [2.75, 3.05) is 5.32 Å². The zero-order valence-electron chi connectivity index (χ0n) is 21.7. The van der Waals surface area contributed by atoms with Crippen molar-refractivity contribution < 1.29 is 10.2 Å². The van der Waals surface area contributed by atoms with Crippen LogP contribution in [0.1, 0.15) is 105 Å². The maximum atomic E-state index is 11.0. The lowest BCUT2D eigenvalue weighted by atomic mass is 9.78. The van der Waals surface area contributed by atoms with Crippen LogP contribution in [0.15, 0.2) is 24.3 Å². The number of anilines is 2. The van der Waals surface area contributed by atoms with Gasteiger partial charge in [-0.3, -0.25) is 0 Å². The lowest BCUT2D eigenvalue weighted by molar-refractivity contribution is 0.423. The van der Waals surface area contributed by atoms with E-state index in [-0.39, 0.29) is 21.7 Å². The third kappa shape index (κ3) is 5.56. The molecule has 0 saturated carbocycles. The summed E-state index contributed by atoms with van der Waals surface area (Å²) >= 11 is 0. The van der Waals surface area contributed by atoms with Crippen LogP contribution in [0.3, 0.4) is 0 Å². The minimum Gasteiger partial charge on any atom is -0.507 e. The molecule has 0 unspecified atom stereocenters. The number of phenols is 2. The minimum absolute atomic E-state index is 0.191. The van der Waals surface area contributed by atoms with E-state index in [1.807, 2.05) is 24.3 Å². The summed E-state index contributed by atoms with van der Waals surface area (Å²) in [7, 11) is 0. The molecule has 0 aliphatic carbocycles. The van der Waals surface area contributed by atoms with E-state index in [9.17, 15) is 10.2 Å². The van der Waals surface area contributed by atoms with Crippen molar-refractivity contribution in [3.05, 3.63) is 46.5 Å². The molecule has 2 aromatic rings. The van der Waals surface area contributed by atoms with Crippen molar-refractivity contribution >= 4 is 11.4 Å². The van der Waals surface area contributed by atoms with E-state index in [1.54, 1.807) is 0 Å². The topological polar surface area (TPSA) is 52.5 Å². The average molecular weight is 426 g/mol. The molecule has 31 heavy (non-hydrogen) atoms. The molecular weight excluding hydrogens is 382 g/mol. The van der Waals surface area contributed by atoms with Crippen LogP contribution < -0.4 is 5.32 Å². The number of aromatic hydroxyl groups is 2. The molecule has 0 spiro atoms. The molecule has 3 N–H and O–H groups in total. The summed E-state index contributed by atoms with van der Waals surface area (Å²) in [6.07, 6.45) is 0. The second-order valence-electron chi connectivity index (χ2n) is 13.0. The smallest absolute Gasteiger partial charge is 0.123 e. The van der Waals surface area contributed by atoms with E-state index in [1.165, 1.54) is 0 Å². The highest BCUT2D eigenvalue weighted by molar-refractivity contribution is 5.69. The van der Waals surface area contributed by atoms with Gasteiger partial charge in [-0.25, -0.2) is 0 Å². The zero-order chi connectivity index (χ0) is 24.2. The van der Waals surface area contributed by atoms with E-state index in [2.05, 4.69) is 88.4 Å². The van der Waals surface area contributed by atoms with Crippen LogP contribution in [0.4, 0.5) is 11.4 Å². The number of rotatable bonds is 2. The van der Waals surface area contributed by atoms with Gasteiger partial charge in [0.25, 0.3) is 0 Å². The van der Waals surface area contributed by atoms with Gasteiger partial charge in [0.1, 0.15) is 11.5 Å². The quantitative estimate of drug-likeness (QED) is 0.427. The molecule has 0 fully saturated rings. The van der Waals surface area contributed by atoms with E-state index >= 15 is 0 Å². The first-order valence-electron chi connectivity index (χ1n) is 11.3. The van der Waals surface area contributed by atoms with Crippen molar-refractivity contribution in [1.82, 2.24) is 0 Å². The minimum atomic E-state index is -0.191. The van der Waals surface area contributed by atoms with Crippen molar-refractivity contribution in [1.29, 1.82) is 0 Å². The first-order valence-corrected chi connectivity index (χ1v) is 11.3. The Kier molecular flexibility index (Phi) is 6.28. The van der Waals surface area contributed by atoms with Gasteiger partial charge in [-0.15, -0.1) is 0 Å². The number of phenolic OH excluding ortho intramolecular Hbond substituents is 2. The molecule has 3 nitrogen and oxygen atoms in total. The van der Waals surface area contributed by atoms with Gasteiger partial charge >= 0.3 is 0 Å². The van der Waals surface area contributed by atoms with E-state index in [0.29, 0.717) is 11.5 Å². The van der Waals surface area contributed by atoms with Crippen molar-refractivity contribution in [3.63, 3.8) is 0 Å². The molecule has 0 radical (unpaired) electrons. The van der Waals surface area contributed by atoms with Crippen molar-refractivity contribution in [2.24, 2.45) is 0 Å². The van der Waals surface area contributed by atoms with Crippen LogP contribution in [0, 0.1) is 0 Å². The molecule has 0 saturated heterocycles. The summed E-state index contributed by atoms with van der Waals surface area (Å²) in [4.78, 5) is 0. The van der Waals surface area contributed by atoms with Crippen LogP contribution in [0.2, 0.25) is 0 Å². The van der Waals surface area contributed by atoms with Crippen LogP contribution in [-0.4, -0.2) is 10.2 Å². The van der Waals surface area contributed by atoms with E-state index < -0.39 is 0 Å². The molecule has 0 aliphatic heterocycles. The third-order valence-electron chi connectivity index (χ3n) is 5.74. The summed E-state index contributed by atoms with van der Waals surface area (Å²) in [5.74, 6) is 0.754. The predicted molar refractivity (Wildman–Crippen MR) is 134 cm³/mol. The second kappa shape index (κ2) is 7.76. The Balaban J connectivity index is 2.73. The van der Waals surface area contributed by atoms with Crippen LogP contribution in [0.5, 0.6) is 11.5 Å². The number of nitrogens with one attached hydrogen (secondary N) is 1. The maximum absolute atomic E-state index is 11.0. The fraction of sp³-hybridized carbons (Fsp3) is 0.571. The normalized spacial score (nSPS) is 13.4. The number of benzene rings is 2. The molecule has 0 amide bonds. The van der Waals surface area contributed by atoms with Crippen LogP contribution in [-0.2, 0) is 21.7 Å². The van der Waals surface area contributed by atoms with Gasteiger partial charge in [0.2, 0.25) is 0 Å². The largest absolute Gasteiger partial charge is 0.507 e. The van der Waals surface area contributed by atoms with Gasteiger partial charge in [0, 0.05) is 33.6 Å². The molecule has 0 aromatic heterocycles. The molecule has 3 heteroatoms. The highest BCUT2D eigenvalue weighted by atomic mass is 16.3. The Morgan fingerprint density at radius 2 is 0.645 bits per heavy atom. The Hall–Kier alpha value is -2.16. The highest BCUT2D eigenvalue weighted by Crippen LogP contribution is 2.44. The fourth-order valence-electron chi connectivity index (χ4n) is 3.87. The van der Waals surface area contributed by atoms with Gasteiger partial charge < -0.3 is 15.5 Å². The maximum Gasteiger partial charge on any atom is 0.123 e. The highest BCUT2D eigenvalue weighted by Gasteiger charge is 2.28. The van der Waals surface area contributed by atoms with Gasteiger partial charge in [-0.1, -0.05) is 83.1 Å². The third-order valence-corrected chi connectivity index (χ3v) is 5.74. The van der Waals surface area contributed by atoms with Gasteiger partial charge in [0.15, 0.2) is 0 Å². The summed E-state index contributed by atoms with van der Waals surface area (Å²) in [6.45, 7) is 25.4. The Bertz CT molecular complexity index is 809. The lowest BCUT2D eigenvalue weighted by Gasteiger charge is -2.30. The molecular formula is C28H43NO2. The Morgan fingerprint density at radius 3 is 0.806 bits per heavy atom. The van der Waals surface area contributed by atoms with Crippen molar-refractivity contribution in [2.45, 2.75) is 105 Å². The lowest BCUT2D eigenvalue weighted by Crippen LogP contribution is -2.18. The first-order chi connectivity index (χ1) is 13.7. The fourth-order valence-corrected chi connectivity index (χ4v) is 3.87. The number of hydrogen-bond acceptors (Lipinski definition) is 3. The molecule has 2 rings (SSSR count). The van der Waals surface area contributed by atoms with Crippen molar-refractivity contribution in [3.8, 4) is 11.5 Å². The van der Waals surface area contributed by atoms with Crippen LogP contribution in [0.25, 0.3) is 0 Å². The Morgan fingerprint density at radius 1 is 0.452 bits per heavy atom. The average Bonchev–Trinajstić information content (AvgIpc) is 2.53. The second-order valence-corrected chi connectivity index (χ2v) is 13.0. The van der Waals surface area contributed by atoms with Gasteiger partial charge in [-0.05, 0) is 45.9 Å². The summed E-state index contributed by atoms with van der Waals surface area (Å²) < 4.78 is 0. The molecule has 0 heterocycles. The summed E-state index contributed by atoms with van der Waals surface area (Å²) in [6, 6.07) is 8.19. The Labute approximate surface area is 189 Å². The molecule has 0 bridgehead atoms. The van der Waals surface area contributed by atoms with Gasteiger partial charge in [0.05, 0.1) is 0 Å². The summed E-state index contributed by atoms with van der Waals surface area (Å²) in [5.41, 5.74) is 4.82. The van der Waals surface area contributed by atoms with E-state index in [4.69, 9.17) is 0 Å². The molecule has 0 atom stereocenters. The molecule has 172 valence electrons. The molecule has 0 aliphatic rings. The summed E-state index contributed by atoms with van der Waals surface area (Å²) in [5, 5.41) is 25.6. The van der Waals surface area contributed by atoms with Crippen LogP contribution >= 0.6 is 0 Å². The monoisotopic (exact) mass is 425 g/mol. The predicted octanol–water partition coefficient (Wildman–Crippen LogP) is 8.03.